The normalized spacial score (nSPS) is 14.8. The summed E-state index contributed by atoms with van der Waals surface area (Å²) in [6.45, 7) is 4.10. The first-order valence-corrected chi connectivity index (χ1v) is 7.24. The second kappa shape index (κ2) is 6.84. The molecule has 0 unspecified atom stereocenters. The fraction of sp³-hybridized carbons (Fsp3) is 0.769. The highest BCUT2D eigenvalue weighted by Gasteiger charge is 2.37. The van der Waals surface area contributed by atoms with E-state index < -0.39 is 5.41 Å². The van der Waals surface area contributed by atoms with Gasteiger partial charge in [0.05, 0.1) is 10.4 Å². The minimum Gasteiger partial charge on any atom is -0.392 e. The first-order valence-electron chi connectivity index (χ1n) is 6.83. The number of hydrogen-bond acceptors (Lipinski definition) is 3. The lowest BCUT2D eigenvalue weighted by atomic mass is 9.81. The summed E-state index contributed by atoms with van der Waals surface area (Å²) >= 11 is 5.01. The maximum Gasteiger partial charge on any atom is 0.233 e. The van der Waals surface area contributed by atoms with Crippen LogP contribution in [0.5, 0.6) is 0 Å². The van der Waals surface area contributed by atoms with Crippen LogP contribution in [0.4, 0.5) is 0 Å². The lowest BCUT2D eigenvalue weighted by Gasteiger charge is -2.28. The van der Waals surface area contributed by atoms with Crippen molar-refractivity contribution < 1.29 is 9.59 Å². The Morgan fingerprint density at radius 2 is 1.89 bits per heavy atom. The Labute approximate surface area is 119 Å². The minimum atomic E-state index is -0.789. The molecule has 1 rings (SSSR count). The molecule has 0 aliphatic heterocycles. The third-order valence-electron chi connectivity index (χ3n) is 3.69. The van der Waals surface area contributed by atoms with E-state index in [1.165, 1.54) is 0 Å². The molecule has 0 bridgehead atoms. The number of amides is 2. The summed E-state index contributed by atoms with van der Waals surface area (Å²) in [5.41, 5.74) is 4.90. The Morgan fingerprint density at radius 1 is 1.32 bits per heavy atom. The second-order valence-corrected chi connectivity index (χ2v) is 5.44. The predicted molar refractivity (Wildman–Crippen MR) is 78.6 cm³/mol. The monoisotopic (exact) mass is 285 g/mol. The van der Waals surface area contributed by atoms with Crippen LogP contribution in [0, 0.1) is 5.41 Å². The summed E-state index contributed by atoms with van der Waals surface area (Å²) in [6, 6.07) is 0.352. The zero-order valence-corrected chi connectivity index (χ0v) is 12.4. The van der Waals surface area contributed by atoms with Gasteiger partial charge in [0.25, 0.3) is 0 Å². The number of thiocarbonyl (C=S) groups is 1. The average molecular weight is 285 g/mol. The highest BCUT2D eigenvalue weighted by atomic mass is 32.1. The van der Waals surface area contributed by atoms with E-state index in [2.05, 4.69) is 10.6 Å². The van der Waals surface area contributed by atoms with E-state index >= 15 is 0 Å². The SMILES string of the molecule is CCC(CC)(C(=O)NCCC(=O)NC1CC1)C(N)=S. The molecular formula is C13H23N3O2S. The van der Waals surface area contributed by atoms with Crippen LogP contribution in [0.25, 0.3) is 0 Å². The Hall–Kier alpha value is -1.17. The molecule has 2 amide bonds. The van der Waals surface area contributed by atoms with E-state index in [1.807, 2.05) is 13.8 Å². The molecule has 0 atom stereocenters. The highest BCUT2D eigenvalue weighted by molar-refractivity contribution is 7.80. The first kappa shape index (κ1) is 15.9. The number of nitrogens with one attached hydrogen (secondary N) is 2. The van der Waals surface area contributed by atoms with Crippen molar-refractivity contribution in [2.45, 2.75) is 52.0 Å². The molecule has 108 valence electrons. The zero-order valence-electron chi connectivity index (χ0n) is 11.6. The molecule has 1 saturated carbocycles. The summed E-state index contributed by atoms with van der Waals surface area (Å²) in [5.74, 6) is -0.194. The summed E-state index contributed by atoms with van der Waals surface area (Å²) in [6.07, 6.45) is 3.56. The van der Waals surface area contributed by atoms with Gasteiger partial charge in [-0.1, -0.05) is 26.1 Å². The van der Waals surface area contributed by atoms with E-state index in [0.717, 1.165) is 12.8 Å². The van der Waals surface area contributed by atoms with Crippen molar-refractivity contribution >= 4 is 29.0 Å². The molecule has 0 aromatic heterocycles. The summed E-state index contributed by atoms with van der Waals surface area (Å²) < 4.78 is 0. The van der Waals surface area contributed by atoms with Crippen LogP contribution in [0.15, 0.2) is 0 Å². The highest BCUT2D eigenvalue weighted by Crippen LogP contribution is 2.27. The molecule has 0 aromatic rings. The molecule has 1 aliphatic carbocycles. The molecule has 19 heavy (non-hydrogen) atoms. The quantitative estimate of drug-likeness (QED) is 0.578. The second-order valence-electron chi connectivity index (χ2n) is 5.00. The topological polar surface area (TPSA) is 84.2 Å². The predicted octanol–water partition coefficient (Wildman–Crippen LogP) is 0.864. The number of carbonyl (C=O) groups is 2. The van der Waals surface area contributed by atoms with Crippen LogP contribution in [0.3, 0.4) is 0 Å². The summed E-state index contributed by atoms with van der Waals surface area (Å²) in [5, 5.41) is 5.64. The van der Waals surface area contributed by atoms with Gasteiger partial charge < -0.3 is 16.4 Å². The van der Waals surface area contributed by atoms with Crippen molar-refractivity contribution in [3.63, 3.8) is 0 Å². The van der Waals surface area contributed by atoms with Crippen molar-refractivity contribution in [3.05, 3.63) is 0 Å². The van der Waals surface area contributed by atoms with Crippen molar-refractivity contribution in [2.24, 2.45) is 11.1 Å². The van der Waals surface area contributed by atoms with Gasteiger partial charge in [-0.2, -0.15) is 0 Å². The Kier molecular flexibility index (Phi) is 5.72. The van der Waals surface area contributed by atoms with Crippen molar-refractivity contribution in [1.29, 1.82) is 0 Å². The molecule has 0 aromatic carbocycles. The van der Waals surface area contributed by atoms with Gasteiger partial charge in [0.2, 0.25) is 11.8 Å². The van der Waals surface area contributed by atoms with E-state index in [4.69, 9.17) is 18.0 Å². The van der Waals surface area contributed by atoms with Gasteiger partial charge in [-0.05, 0) is 25.7 Å². The van der Waals surface area contributed by atoms with Crippen LogP contribution in [-0.4, -0.2) is 29.4 Å². The first-order chi connectivity index (χ1) is 8.96. The van der Waals surface area contributed by atoms with Crippen molar-refractivity contribution in [1.82, 2.24) is 10.6 Å². The molecule has 0 spiro atoms. The third kappa shape index (κ3) is 4.16. The number of nitrogens with two attached hydrogens (primary N) is 1. The number of hydrogen-bond donors (Lipinski definition) is 3. The van der Waals surface area contributed by atoms with Crippen LogP contribution in [0.1, 0.15) is 46.0 Å². The molecule has 0 heterocycles. The van der Waals surface area contributed by atoms with Gasteiger partial charge in [-0.15, -0.1) is 0 Å². The fourth-order valence-corrected chi connectivity index (χ4v) is 2.40. The van der Waals surface area contributed by atoms with Crippen molar-refractivity contribution in [2.75, 3.05) is 6.54 Å². The lowest BCUT2D eigenvalue weighted by molar-refractivity contribution is -0.128. The molecule has 0 saturated heterocycles. The zero-order chi connectivity index (χ0) is 14.5. The molecule has 4 N–H and O–H groups in total. The molecule has 1 aliphatic rings. The summed E-state index contributed by atoms with van der Waals surface area (Å²) in [4.78, 5) is 23.9. The minimum absolute atomic E-state index is 0.0169. The van der Waals surface area contributed by atoms with Crippen molar-refractivity contribution in [3.8, 4) is 0 Å². The molecular weight excluding hydrogens is 262 g/mol. The van der Waals surface area contributed by atoms with Gasteiger partial charge in [-0.3, -0.25) is 9.59 Å². The molecule has 1 fully saturated rings. The van der Waals surface area contributed by atoms with E-state index in [1.54, 1.807) is 0 Å². The van der Waals surface area contributed by atoms with Crippen LogP contribution < -0.4 is 16.4 Å². The van der Waals surface area contributed by atoms with Crippen LogP contribution in [-0.2, 0) is 9.59 Å². The number of rotatable bonds is 8. The number of carbonyl (C=O) groups excluding carboxylic acids is 2. The maximum atomic E-state index is 12.2. The van der Waals surface area contributed by atoms with E-state index in [-0.39, 0.29) is 16.8 Å². The smallest absolute Gasteiger partial charge is 0.233 e. The molecule has 5 nitrogen and oxygen atoms in total. The van der Waals surface area contributed by atoms with Gasteiger partial charge in [0.15, 0.2) is 0 Å². The van der Waals surface area contributed by atoms with Gasteiger partial charge in [-0.25, -0.2) is 0 Å². The van der Waals surface area contributed by atoms with Gasteiger partial charge in [0.1, 0.15) is 0 Å². The largest absolute Gasteiger partial charge is 0.392 e. The van der Waals surface area contributed by atoms with E-state index in [0.29, 0.717) is 31.8 Å². The fourth-order valence-electron chi connectivity index (χ4n) is 2.02. The summed E-state index contributed by atoms with van der Waals surface area (Å²) in [7, 11) is 0. The van der Waals surface area contributed by atoms with Gasteiger partial charge in [0, 0.05) is 19.0 Å². The van der Waals surface area contributed by atoms with E-state index in [9.17, 15) is 9.59 Å². The Morgan fingerprint density at radius 3 is 2.32 bits per heavy atom. The Balaban J connectivity index is 2.39. The third-order valence-corrected chi connectivity index (χ3v) is 4.08. The maximum absolute atomic E-state index is 12.2. The van der Waals surface area contributed by atoms with Crippen LogP contribution in [0.2, 0.25) is 0 Å². The Bertz CT molecular complexity index is 363. The molecule has 6 heteroatoms. The molecule has 0 radical (unpaired) electrons. The lowest BCUT2D eigenvalue weighted by Crippen LogP contribution is -2.48. The van der Waals surface area contributed by atoms with Gasteiger partial charge >= 0.3 is 0 Å². The average Bonchev–Trinajstić information content (AvgIpc) is 3.14. The van der Waals surface area contributed by atoms with Crippen LogP contribution >= 0.6 is 12.2 Å². The standard InChI is InChI=1S/C13H23N3O2S/c1-3-13(4-2,11(14)19)12(18)15-8-7-10(17)16-9-5-6-9/h9H,3-8H2,1-2H3,(H2,14,19)(H,15,18)(H,16,17).